The number of rotatable bonds is 17. The Morgan fingerprint density at radius 2 is 1.39 bits per heavy atom. The van der Waals surface area contributed by atoms with E-state index in [4.69, 9.17) is 4.74 Å². The lowest BCUT2D eigenvalue weighted by molar-refractivity contribution is 0.213. The summed E-state index contributed by atoms with van der Waals surface area (Å²) < 4.78 is 5.44. The van der Waals surface area contributed by atoms with Crippen LogP contribution in [0.1, 0.15) is 97.3 Å². The van der Waals surface area contributed by atoms with E-state index in [9.17, 15) is 5.11 Å². The van der Waals surface area contributed by atoms with Crippen molar-refractivity contribution in [3.8, 4) is 0 Å². The molecule has 0 aliphatic rings. The molecule has 0 aliphatic carbocycles. The van der Waals surface area contributed by atoms with Crippen LogP contribution in [0.3, 0.4) is 0 Å². The molecule has 2 nitrogen and oxygen atoms in total. The Bertz CT molecular complexity index is 294. The van der Waals surface area contributed by atoms with Crippen LogP contribution < -0.4 is 0 Å². The summed E-state index contributed by atoms with van der Waals surface area (Å²) in [6, 6.07) is 0. The molecule has 0 saturated carbocycles. The number of unbranched alkanes of at least 4 members (excludes halogenated alkanes) is 11. The highest BCUT2D eigenvalue weighted by atomic mass is 16.5. The number of hydrogen-bond donors (Lipinski definition) is 1. The molecular weight excluding hydrogens is 284 g/mol. The second-order valence-electron chi connectivity index (χ2n) is 6.29. The minimum absolute atomic E-state index is 0.307. The third-order valence-corrected chi connectivity index (χ3v) is 4.13. The van der Waals surface area contributed by atoms with Gasteiger partial charge in [-0.05, 0) is 6.42 Å². The van der Waals surface area contributed by atoms with Gasteiger partial charge in [0.1, 0.15) is 18.1 Å². The van der Waals surface area contributed by atoms with Gasteiger partial charge in [0.05, 0.1) is 0 Å². The van der Waals surface area contributed by atoms with Crippen molar-refractivity contribution in [1.29, 1.82) is 0 Å². The molecule has 0 fully saturated rings. The van der Waals surface area contributed by atoms with E-state index in [0.29, 0.717) is 24.5 Å². The Labute approximate surface area is 145 Å². The molecule has 0 saturated heterocycles. The number of ether oxygens (including phenoxy) is 1. The minimum Gasteiger partial charge on any atom is -0.508 e. The first-order valence-corrected chi connectivity index (χ1v) is 9.75. The molecule has 0 aromatic heterocycles. The Morgan fingerprint density at radius 3 is 1.87 bits per heavy atom. The van der Waals surface area contributed by atoms with Crippen LogP contribution in [0.2, 0.25) is 0 Å². The normalized spacial score (nSPS) is 12.1. The monoisotopic (exact) mass is 323 g/mol. The molecule has 0 rings (SSSR count). The van der Waals surface area contributed by atoms with Gasteiger partial charge in [-0.1, -0.05) is 97.1 Å². The largest absolute Gasteiger partial charge is 0.508 e. The van der Waals surface area contributed by atoms with Crippen molar-refractivity contribution in [1.82, 2.24) is 0 Å². The molecule has 0 heterocycles. The Hall–Kier alpha value is -0.920. The zero-order valence-electron chi connectivity index (χ0n) is 15.6. The lowest BCUT2D eigenvalue weighted by Gasteiger charge is -2.09. The van der Waals surface area contributed by atoms with Crippen molar-refractivity contribution in [2.75, 3.05) is 6.61 Å². The second-order valence-corrected chi connectivity index (χ2v) is 6.29. The summed E-state index contributed by atoms with van der Waals surface area (Å²) in [5.74, 6) is 0.981. The molecule has 23 heavy (non-hydrogen) atoms. The Kier molecular flexibility index (Phi) is 16.7. The summed E-state index contributed by atoms with van der Waals surface area (Å²) in [6.45, 7) is 8.34. The molecule has 0 unspecified atom stereocenters. The van der Waals surface area contributed by atoms with Gasteiger partial charge in [0.25, 0.3) is 0 Å². The zero-order chi connectivity index (χ0) is 17.2. The molecule has 0 aromatic carbocycles. The van der Waals surface area contributed by atoms with E-state index in [-0.39, 0.29) is 0 Å². The topological polar surface area (TPSA) is 29.5 Å². The fourth-order valence-corrected chi connectivity index (χ4v) is 2.68. The first-order valence-electron chi connectivity index (χ1n) is 9.75. The van der Waals surface area contributed by atoms with Crippen LogP contribution in [0.25, 0.3) is 0 Å². The van der Waals surface area contributed by atoms with Gasteiger partial charge in [-0.25, -0.2) is 0 Å². The molecular formula is C21H39O2. The highest BCUT2D eigenvalue weighted by Gasteiger charge is 2.04. The first-order chi connectivity index (χ1) is 11.3. The van der Waals surface area contributed by atoms with Crippen molar-refractivity contribution in [3.05, 3.63) is 30.6 Å². The first kappa shape index (κ1) is 22.1. The van der Waals surface area contributed by atoms with E-state index in [0.717, 1.165) is 12.8 Å². The summed E-state index contributed by atoms with van der Waals surface area (Å²) in [5, 5.41) is 9.96. The van der Waals surface area contributed by atoms with Crippen LogP contribution in [0, 0.1) is 6.42 Å². The maximum Gasteiger partial charge on any atom is 0.134 e. The maximum absolute atomic E-state index is 9.96. The van der Waals surface area contributed by atoms with Crippen molar-refractivity contribution in [3.63, 3.8) is 0 Å². The third-order valence-electron chi connectivity index (χ3n) is 4.13. The van der Waals surface area contributed by atoms with Gasteiger partial charge in [-0.2, -0.15) is 0 Å². The quantitative estimate of drug-likeness (QED) is 0.173. The predicted octanol–water partition coefficient (Wildman–Crippen LogP) is 7.27. The van der Waals surface area contributed by atoms with Gasteiger partial charge in [-0.15, -0.1) is 0 Å². The van der Waals surface area contributed by atoms with Crippen LogP contribution in [0.4, 0.5) is 0 Å². The maximum atomic E-state index is 9.96. The number of aliphatic hydroxyl groups excluding tert-OH is 1. The van der Waals surface area contributed by atoms with E-state index in [1.807, 2.05) is 13.3 Å². The molecule has 2 heteroatoms. The Balaban J connectivity index is 3.44. The van der Waals surface area contributed by atoms with E-state index in [2.05, 4.69) is 13.5 Å². The average molecular weight is 324 g/mol. The zero-order valence-corrected chi connectivity index (χ0v) is 15.6. The summed E-state index contributed by atoms with van der Waals surface area (Å²) in [5.41, 5.74) is 0. The highest BCUT2D eigenvalue weighted by Crippen LogP contribution is 2.16. The molecule has 135 valence electrons. The number of hydrogen-bond acceptors (Lipinski definition) is 2. The van der Waals surface area contributed by atoms with Crippen LogP contribution >= 0.6 is 0 Å². The lowest BCUT2D eigenvalue weighted by Crippen LogP contribution is -1.98. The van der Waals surface area contributed by atoms with E-state index < -0.39 is 0 Å². The fraction of sp³-hybridized carbons (Fsp3) is 0.762. The van der Waals surface area contributed by atoms with Gasteiger partial charge in [0.15, 0.2) is 0 Å². The number of aliphatic hydroxyl groups is 1. The molecule has 0 atom stereocenters. The van der Waals surface area contributed by atoms with Crippen LogP contribution in [0.5, 0.6) is 0 Å². The van der Waals surface area contributed by atoms with Gasteiger partial charge in [0.2, 0.25) is 0 Å². The number of allylic oxidation sites excluding steroid dienone is 2. The van der Waals surface area contributed by atoms with Crippen molar-refractivity contribution < 1.29 is 9.84 Å². The van der Waals surface area contributed by atoms with Gasteiger partial charge >= 0.3 is 0 Å². The molecule has 0 amide bonds. The van der Waals surface area contributed by atoms with Crippen molar-refractivity contribution in [2.24, 2.45) is 0 Å². The lowest BCUT2D eigenvalue weighted by atomic mass is 10.0. The molecule has 0 spiro atoms. The van der Waals surface area contributed by atoms with Gasteiger partial charge in [0, 0.05) is 12.8 Å². The average Bonchev–Trinajstić information content (AvgIpc) is 2.56. The molecule has 0 aliphatic heterocycles. The fourth-order valence-electron chi connectivity index (χ4n) is 2.68. The molecule has 1 N–H and O–H groups in total. The van der Waals surface area contributed by atoms with Crippen LogP contribution in [0.15, 0.2) is 24.2 Å². The smallest absolute Gasteiger partial charge is 0.134 e. The SMILES string of the molecule is C=CCO/C(CC)=C(\O)[CH]CCCCCCCCCCCCC. The summed E-state index contributed by atoms with van der Waals surface area (Å²) >= 11 is 0. The standard InChI is InChI=1S/C21H39O2/c1-4-7-8-9-10-11-12-13-14-15-16-17-18-20(22)21(6-3)23-19-5-2/h5,18,22H,2,4,6-17,19H2,1,3H3/b21-20-. The summed E-state index contributed by atoms with van der Waals surface area (Å²) in [6.07, 6.45) is 20.1. The molecule has 0 aromatic rings. The van der Waals surface area contributed by atoms with E-state index in [1.54, 1.807) is 6.08 Å². The predicted molar refractivity (Wildman–Crippen MR) is 101 cm³/mol. The van der Waals surface area contributed by atoms with Crippen LogP contribution in [-0.4, -0.2) is 11.7 Å². The van der Waals surface area contributed by atoms with Crippen molar-refractivity contribution >= 4 is 0 Å². The molecule has 1 radical (unpaired) electrons. The van der Waals surface area contributed by atoms with Crippen LogP contribution in [-0.2, 0) is 4.74 Å². The van der Waals surface area contributed by atoms with Crippen molar-refractivity contribution in [2.45, 2.75) is 97.3 Å². The minimum atomic E-state index is 0.307. The third kappa shape index (κ3) is 14.4. The van der Waals surface area contributed by atoms with E-state index >= 15 is 0 Å². The van der Waals surface area contributed by atoms with E-state index in [1.165, 1.54) is 64.2 Å². The summed E-state index contributed by atoms with van der Waals surface area (Å²) in [4.78, 5) is 0. The second kappa shape index (κ2) is 17.4. The molecule has 0 bridgehead atoms. The Morgan fingerprint density at radius 1 is 0.870 bits per heavy atom. The summed E-state index contributed by atoms with van der Waals surface area (Å²) in [7, 11) is 0. The van der Waals surface area contributed by atoms with Gasteiger partial charge < -0.3 is 9.84 Å². The highest BCUT2D eigenvalue weighted by molar-refractivity contribution is 5.09. The van der Waals surface area contributed by atoms with Gasteiger partial charge in [-0.3, -0.25) is 0 Å².